The molecule has 1 fully saturated rings. The number of piperazine rings is 1. The molecule has 4 amide bonds. The first kappa shape index (κ1) is 19.0. The van der Waals surface area contributed by atoms with Gasteiger partial charge >= 0.3 is 12.1 Å². The average molecular weight is 387 g/mol. The van der Waals surface area contributed by atoms with Crippen molar-refractivity contribution in [1.82, 2.24) is 15.1 Å². The largest absolute Gasteiger partial charge is 0.334 e. The first-order chi connectivity index (χ1) is 13.0. The van der Waals surface area contributed by atoms with Crippen molar-refractivity contribution in [3.8, 4) is 0 Å². The molecule has 1 saturated heterocycles. The van der Waals surface area contributed by atoms with Crippen LogP contribution in [-0.2, 0) is 6.54 Å². The van der Waals surface area contributed by atoms with E-state index in [0.29, 0.717) is 37.7 Å². The van der Waals surface area contributed by atoms with Gasteiger partial charge in [0.1, 0.15) is 0 Å². The van der Waals surface area contributed by atoms with Gasteiger partial charge in [0.2, 0.25) is 0 Å². The summed E-state index contributed by atoms with van der Waals surface area (Å²) in [5.74, 6) is 0. The minimum atomic E-state index is -0.145. The minimum absolute atomic E-state index is 0.142. The highest BCUT2D eigenvalue weighted by Gasteiger charge is 2.24. The van der Waals surface area contributed by atoms with Crippen LogP contribution in [0.3, 0.4) is 0 Å². The van der Waals surface area contributed by atoms with Crippen LogP contribution in [0, 0.1) is 6.92 Å². The zero-order valence-corrected chi connectivity index (χ0v) is 16.0. The maximum Gasteiger partial charge on any atom is 0.321 e. The second-order valence-corrected chi connectivity index (χ2v) is 6.93. The Hall–Kier alpha value is -2.73. The van der Waals surface area contributed by atoms with Gasteiger partial charge in [-0.25, -0.2) is 9.59 Å². The molecule has 2 aromatic rings. The second-order valence-electron chi connectivity index (χ2n) is 6.52. The summed E-state index contributed by atoms with van der Waals surface area (Å²) in [6.07, 6.45) is 0. The van der Waals surface area contributed by atoms with Crippen LogP contribution in [0.1, 0.15) is 11.1 Å². The molecule has 0 radical (unpaired) electrons. The molecule has 27 heavy (non-hydrogen) atoms. The standard InChI is InChI=1S/C20H23ClN4O2/c1-15-5-4-7-17(13-15)23-20(27)25-11-9-24(10-12-25)19(26)22-14-16-6-2-3-8-18(16)21/h2-8,13H,9-12,14H2,1H3,(H,22,26)(H,23,27). The predicted octanol–water partition coefficient (Wildman–Crippen LogP) is 3.71. The monoisotopic (exact) mass is 386 g/mol. The van der Waals surface area contributed by atoms with Gasteiger partial charge in [0, 0.05) is 43.4 Å². The first-order valence-electron chi connectivity index (χ1n) is 8.92. The van der Waals surface area contributed by atoms with Crippen LogP contribution in [0.5, 0.6) is 0 Å². The van der Waals surface area contributed by atoms with E-state index in [2.05, 4.69) is 10.6 Å². The average Bonchev–Trinajstić information content (AvgIpc) is 2.67. The van der Waals surface area contributed by atoms with E-state index in [-0.39, 0.29) is 12.1 Å². The zero-order valence-electron chi connectivity index (χ0n) is 15.2. The molecule has 0 unspecified atom stereocenters. The van der Waals surface area contributed by atoms with Crippen LogP contribution >= 0.6 is 11.6 Å². The summed E-state index contributed by atoms with van der Waals surface area (Å²) in [4.78, 5) is 28.2. The molecule has 0 aromatic heterocycles. The van der Waals surface area contributed by atoms with Gasteiger partial charge in [0.15, 0.2) is 0 Å². The number of urea groups is 2. The number of halogens is 1. The zero-order chi connectivity index (χ0) is 19.2. The Kier molecular flexibility index (Phi) is 6.19. The molecule has 0 aliphatic carbocycles. The van der Waals surface area contributed by atoms with Gasteiger partial charge in [-0.05, 0) is 36.2 Å². The molecule has 0 spiro atoms. The summed E-state index contributed by atoms with van der Waals surface area (Å²) in [6, 6.07) is 14.8. The number of hydrogen-bond donors (Lipinski definition) is 2. The lowest BCUT2D eigenvalue weighted by atomic mass is 10.2. The number of benzene rings is 2. The lowest BCUT2D eigenvalue weighted by Gasteiger charge is -2.34. The van der Waals surface area contributed by atoms with Gasteiger partial charge in [-0.1, -0.05) is 41.9 Å². The molecule has 1 aliphatic rings. The van der Waals surface area contributed by atoms with E-state index in [1.54, 1.807) is 15.9 Å². The maximum absolute atomic E-state index is 12.4. The van der Waals surface area contributed by atoms with Crippen molar-refractivity contribution in [3.05, 3.63) is 64.7 Å². The van der Waals surface area contributed by atoms with Crippen molar-refractivity contribution < 1.29 is 9.59 Å². The highest BCUT2D eigenvalue weighted by Crippen LogP contribution is 2.15. The molecule has 0 saturated carbocycles. The molecule has 6 nitrogen and oxygen atoms in total. The van der Waals surface area contributed by atoms with E-state index >= 15 is 0 Å². The maximum atomic E-state index is 12.4. The smallest absolute Gasteiger partial charge is 0.321 e. The number of rotatable bonds is 3. The van der Waals surface area contributed by atoms with Gasteiger partial charge in [-0.15, -0.1) is 0 Å². The first-order valence-corrected chi connectivity index (χ1v) is 9.29. The van der Waals surface area contributed by atoms with Crippen LogP contribution < -0.4 is 10.6 Å². The lowest BCUT2D eigenvalue weighted by Crippen LogP contribution is -2.53. The Morgan fingerprint density at radius 1 is 0.963 bits per heavy atom. The number of hydrogen-bond acceptors (Lipinski definition) is 2. The Bertz CT molecular complexity index is 819. The molecule has 1 heterocycles. The van der Waals surface area contributed by atoms with Crippen molar-refractivity contribution >= 4 is 29.4 Å². The number of anilines is 1. The van der Waals surface area contributed by atoms with Gasteiger partial charge in [0.05, 0.1) is 0 Å². The van der Waals surface area contributed by atoms with Crippen molar-refractivity contribution in [1.29, 1.82) is 0 Å². The van der Waals surface area contributed by atoms with Crippen LogP contribution in [-0.4, -0.2) is 48.0 Å². The van der Waals surface area contributed by atoms with E-state index in [9.17, 15) is 9.59 Å². The Morgan fingerprint density at radius 3 is 2.30 bits per heavy atom. The topological polar surface area (TPSA) is 64.7 Å². The molecular formula is C20H23ClN4O2. The van der Waals surface area contributed by atoms with Crippen molar-refractivity contribution in [3.63, 3.8) is 0 Å². The molecule has 3 rings (SSSR count). The second kappa shape index (κ2) is 8.77. The van der Waals surface area contributed by atoms with Crippen molar-refractivity contribution in [2.45, 2.75) is 13.5 Å². The number of nitrogens with zero attached hydrogens (tertiary/aromatic N) is 2. The Labute approximate surface area is 164 Å². The fraction of sp³-hybridized carbons (Fsp3) is 0.300. The normalized spacial score (nSPS) is 14.0. The molecule has 0 bridgehead atoms. The van der Waals surface area contributed by atoms with Gasteiger partial charge in [-0.3, -0.25) is 0 Å². The predicted molar refractivity (Wildman–Crippen MR) is 107 cm³/mol. The van der Waals surface area contributed by atoms with E-state index < -0.39 is 0 Å². The van der Waals surface area contributed by atoms with Crippen LogP contribution in [0.2, 0.25) is 5.02 Å². The van der Waals surface area contributed by atoms with Crippen molar-refractivity contribution in [2.24, 2.45) is 0 Å². The van der Waals surface area contributed by atoms with Gasteiger partial charge in [-0.2, -0.15) is 0 Å². The minimum Gasteiger partial charge on any atom is -0.334 e. The van der Waals surface area contributed by atoms with Gasteiger partial charge < -0.3 is 20.4 Å². The number of nitrogens with one attached hydrogen (secondary N) is 2. The molecule has 142 valence electrons. The number of amides is 4. The highest BCUT2D eigenvalue weighted by atomic mass is 35.5. The fourth-order valence-electron chi connectivity index (χ4n) is 2.96. The Balaban J connectivity index is 1.46. The summed E-state index contributed by atoms with van der Waals surface area (Å²) >= 11 is 6.11. The summed E-state index contributed by atoms with van der Waals surface area (Å²) in [7, 11) is 0. The van der Waals surface area contributed by atoms with Crippen LogP contribution in [0.15, 0.2) is 48.5 Å². The molecule has 1 aliphatic heterocycles. The number of carbonyl (C=O) groups excluding carboxylic acids is 2. The molecular weight excluding hydrogens is 364 g/mol. The third kappa shape index (κ3) is 5.14. The fourth-order valence-corrected chi connectivity index (χ4v) is 3.16. The molecule has 0 atom stereocenters. The molecule has 7 heteroatoms. The van der Waals surface area contributed by atoms with Gasteiger partial charge in [0.25, 0.3) is 0 Å². The number of aryl methyl sites for hydroxylation is 1. The van der Waals surface area contributed by atoms with E-state index in [1.807, 2.05) is 49.4 Å². The molecule has 2 N–H and O–H groups in total. The summed E-state index contributed by atoms with van der Waals surface area (Å²) in [5, 5.41) is 6.42. The van der Waals surface area contributed by atoms with E-state index in [4.69, 9.17) is 11.6 Å². The lowest BCUT2D eigenvalue weighted by molar-refractivity contribution is 0.149. The van der Waals surface area contributed by atoms with E-state index in [0.717, 1.165) is 16.8 Å². The summed E-state index contributed by atoms with van der Waals surface area (Å²) in [5.41, 5.74) is 2.75. The van der Waals surface area contributed by atoms with E-state index in [1.165, 1.54) is 0 Å². The summed E-state index contributed by atoms with van der Waals surface area (Å²) < 4.78 is 0. The summed E-state index contributed by atoms with van der Waals surface area (Å²) in [6.45, 7) is 4.35. The number of carbonyl (C=O) groups is 2. The third-order valence-electron chi connectivity index (χ3n) is 4.51. The quantitative estimate of drug-likeness (QED) is 0.844. The van der Waals surface area contributed by atoms with Crippen molar-refractivity contribution in [2.75, 3.05) is 31.5 Å². The van der Waals surface area contributed by atoms with Crippen LogP contribution in [0.25, 0.3) is 0 Å². The SMILES string of the molecule is Cc1cccc(NC(=O)N2CCN(C(=O)NCc3ccccc3Cl)CC2)c1. The Morgan fingerprint density at radius 2 is 1.63 bits per heavy atom. The molecule has 2 aromatic carbocycles. The third-order valence-corrected chi connectivity index (χ3v) is 4.88. The highest BCUT2D eigenvalue weighted by molar-refractivity contribution is 6.31. The van der Waals surface area contributed by atoms with Crippen LogP contribution in [0.4, 0.5) is 15.3 Å².